The lowest BCUT2D eigenvalue weighted by molar-refractivity contribution is 0.353. The van der Waals surface area contributed by atoms with E-state index in [0.29, 0.717) is 5.92 Å². The molecule has 582 valence electrons. The van der Waals surface area contributed by atoms with Crippen LogP contribution in [0.2, 0.25) is 0 Å². The van der Waals surface area contributed by atoms with E-state index in [1.807, 2.05) is 12.4 Å². The predicted molar refractivity (Wildman–Crippen MR) is 504 cm³/mol. The van der Waals surface area contributed by atoms with E-state index in [1.54, 1.807) is 0 Å². The van der Waals surface area contributed by atoms with Crippen LogP contribution < -0.4 is 0 Å². The van der Waals surface area contributed by atoms with Crippen molar-refractivity contribution in [1.82, 2.24) is 19.9 Å². The van der Waals surface area contributed by atoms with E-state index in [2.05, 4.69) is 322 Å². The molecule has 4 heteroatoms. The molecule has 4 spiro atoms. The summed E-state index contributed by atoms with van der Waals surface area (Å²) < 4.78 is 0. The molecule has 26 rings (SSSR count). The summed E-state index contributed by atoms with van der Waals surface area (Å²) in [6.45, 7) is 0. The molecule has 0 aliphatic heterocycles. The maximum absolute atomic E-state index is 5.33. The van der Waals surface area contributed by atoms with Crippen LogP contribution >= 0.6 is 0 Å². The highest BCUT2D eigenvalue weighted by molar-refractivity contribution is 6.24. The number of aromatic nitrogens is 4. The Morgan fingerprint density at radius 2 is 0.484 bits per heavy atom. The smallest absolute Gasteiger partial charge is 0.159 e. The molecule has 8 aliphatic carbocycles. The van der Waals surface area contributed by atoms with Gasteiger partial charge in [0.15, 0.2) is 11.6 Å². The molecule has 0 N–H and O–H groups in total. The third-order valence-corrected chi connectivity index (χ3v) is 31.3. The lowest BCUT2D eigenvalue weighted by Gasteiger charge is -2.36. The molecule has 0 bridgehead atoms. The normalized spacial score (nSPS) is 18.1. The highest BCUT2D eigenvalue weighted by atomic mass is 14.9. The van der Waals surface area contributed by atoms with E-state index in [-0.39, 0.29) is 21.7 Å². The molecule has 16 aromatic carbocycles. The van der Waals surface area contributed by atoms with Crippen LogP contribution in [0.4, 0.5) is 0 Å². The first-order valence-electron chi connectivity index (χ1n) is 45.1. The van der Waals surface area contributed by atoms with Crippen LogP contribution in [0.5, 0.6) is 0 Å². The van der Waals surface area contributed by atoms with Gasteiger partial charge in [-0.1, -0.05) is 324 Å². The molecular formula is C118H90N4. The maximum atomic E-state index is 5.33. The molecule has 122 heavy (non-hydrogen) atoms. The predicted octanol–water partition coefficient (Wildman–Crippen LogP) is 30.8. The highest BCUT2D eigenvalue weighted by Gasteiger charge is 2.51. The zero-order chi connectivity index (χ0) is 80.0. The standard InChI is InChI=1S/C118H90N4/c1-4-24-73(25-5-1)83-69-119-113(120-70-83)80-46-53-98-100(63-80)112(96-33-9-7-31-94(96)110(98)77-43-49-90-87-28-12-16-36-103(87)117(106(90)65-77)59-22-23-60-117)79-45-51-92-88-29-13-17-37-104(88)118(108(92)67-79)61-54-82(68-118)74-38-40-75(41-39-74)84-71-121-114(122-72-84)81-47-52-97-99(62-81)111(78-44-50-91-86-27-11-15-35-102(86)116(107(91)66-78)57-20-3-21-58-116)95-32-8-6-30-93(95)109(97)76-42-48-89-85-26-10-14-34-101(85)115(105(89)64-76)55-18-2-19-56-115/h1,4-17,24-53,62-67,69-72,82H,2-3,18-23,54-61,68H2. The van der Waals surface area contributed by atoms with Gasteiger partial charge in [-0.05, 0) is 293 Å². The molecular weight excluding hydrogens is 1470 g/mol. The van der Waals surface area contributed by atoms with Crippen molar-refractivity contribution in [2.24, 2.45) is 0 Å². The average Bonchev–Trinajstić information content (AvgIpc) is 1.46. The third kappa shape index (κ3) is 10.3. The van der Waals surface area contributed by atoms with Crippen LogP contribution in [-0.2, 0) is 21.7 Å². The van der Waals surface area contributed by atoms with Gasteiger partial charge in [0, 0.05) is 68.7 Å². The van der Waals surface area contributed by atoms with Gasteiger partial charge in [-0.2, -0.15) is 0 Å². The third-order valence-electron chi connectivity index (χ3n) is 31.3. The Hall–Kier alpha value is -13.3. The maximum Gasteiger partial charge on any atom is 0.159 e. The Labute approximate surface area is 713 Å². The van der Waals surface area contributed by atoms with Crippen molar-refractivity contribution in [3.63, 3.8) is 0 Å². The van der Waals surface area contributed by atoms with E-state index < -0.39 is 0 Å². The first-order chi connectivity index (χ1) is 60.4. The quantitative estimate of drug-likeness (QED) is 0.135. The first kappa shape index (κ1) is 70.6. The Kier molecular flexibility index (Phi) is 15.7. The monoisotopic (exact) mass is 1560 g/mol. The SMILES string of the molecule is c1ccc(-c2cnc(-c3ccc4c(-c5ccc6c(c5)C5(CCCC5)c5ccccc5-6)c5ccccc5c(-c5ccc6c(c5)C5(CCC(c7ccc(-c8cnc(-c9ccc%10c(-c%11ccc%12c(c%11)C%11(CCCCC%11)c%11ccccc%11-%12)c%11ccccc%11c(-c%11ccc%12c(c%11)C%11(CCCCC%11)c%11ccccc%11-%12)c%10c9)nc8)cc7)C5)c5ccccc5-6)c4c3)nc2)cc1. The summed E-state index contributed by atoms with van der Waals surface area (Å²) in [5, 5.41) is 10.0. The molecule has 0 saturated heterocycles. The molecule has 0 radical (unpaired) electrons. The van der Waals surface area contributed by atoms with Crippen LogP contribution in [0.3, 0.4) is 0 Å². The van der Waals surface area contributed by atoms with E-state index in [0.717, 1.165) is 64.3 Å². The van der Waals surface area contributed by atoms with Gasteiger partial charge in [0.05, 0.1) is 0 Å². The Balaban J connectivity index is 0.555. The fourth-order valence-corrected chi connectivity index (χ4v) is 25.9. The second-order valence-corrected chi connectivity index (χ2v) is 37.0. The second-order valence-electron chi connectivity index (χ2n) is 37.0. The molecule has 4 nitrogen and oxygen atoms in total. The Morgan fingerprint density at radius 1 is 0.197 bits per heavy atom. The lowest BCUT2D eigenvalue weighted by atomic mass is 9.67. The van der Waals surface area contributed by atoms with Gasteiger partial charge in [0.1, 0.15) is 0 Å². The zero-order valence-electron chi connectivity index (χ0n) is 68.6. The van der Waals surface area contributed by atoms with Crippen molar-refractivity contribution in [3.05, 3.63) is 384 Å². The molecule has 2 atom stereocenters. The summed E-state index contributed by atoms with van der Waals surface area (Å²) in [6, 6.07) is 120. The number of fused-ring (bicyclic) bond motifs is 24. The topological polar surface area (TPSA) is 51.6 Å². The van der Waals surface area contributed by atoms with E-state index >= 15 is 0 Å². The van der Waals surface area contributed by atoms with Gasteiger partial charge in [0.25, 0.3) is 0 Å². The number of rotatable bonds is 9. The number of benzene rings is 16. The molecule has 4 saturated carbocycles. The molecule has 0 amide bonds. The van der Waals surface area contributed by atoms with Crippen LogP contribution in [0, 0.1) is 0 Å². The van der Waals surface area contributed by atoms with Crippen molar-refractivity contribution >= 4 is 43.1 Å². The van der Waals surface area contributed by atoms with Gasteiger partial charge in [-0.25, -0.2) is 19.9 Å². The molecule has 2 aromatic heterocycles. The van der Waals surface area contributed by atoms with Crippen molar-refractivity contribution < 1.29 is 0 Å². The minimum absolute atomic E-state index is 0.0219. The van der Waals surface area contributed by atoms with Crippen molar-refractivity contribution in [3.8, 4) is 134 Å². The second kappa shape index (κ2) is 27.1. The van der Waals surface area contributed by atoms with Crippen LogP contribution in [0.25, 0.3) is 177 Å². The minimum atomic E-state index is -0.172. The summed E-state index contributed by atoms with van der Waals surface area (Å²) in [7, 11) is 0. The van der Waals surface area contributed by atoms with Crippen molar-refractivity contribution in [2.75, 3.05) is 0 Å². The van der Waals surface area contributed by atoms with E-state index in [9.17, 15) is 0 Å². The van der Waals surface area contributed by atoms with Gasteiger partial charge >= 0.3 is 0 Å². The van der Waals surface area contributed by atoms with Gasteiger partial charge < -0.3 is 0 Å². The van der Waals surface area contributed by atoms with Crippen LogP contribution in [0.15, 0.2) is 334 Å². The summed E-state index contributed by atoms with van der Waals surface area (Å²) in [4.78, 5) is 20.9. The molecule has 4 fully saturated rings. The van der Waals surface area contributed by atoms with Gasteiger partial charge in [-0.15, -0.1) is 0 Å². The highest BCUT2D eigenvalue weighted by Crippen LogP contribution is 2.65. The number of nitrogens with zero attached hydrogens (tertiary/aromatic N) is 4. The Morgan fingerprint density at radius 3 is 0.869 bits per heavy atom. The van der Waals surface area contributed by atoms with E-state index in [1.165, 1.54) is 272 Å². The average molecular weight is 1560 g/mol. The Bertz CT molecular complexity index is 7420. The van der Waals surface area contributed by atoms with Crippen LogP contribution in [0.1, 0.15) is 165 Å². The summed E-state index contributed by atoms with van der Waals surface area (Å²) in [5.41, 5.74) is 40.9. The number of hydrogen-bond acceptors (Lipinski definition) is 4. The molecule has 2 heterocycles. The summed E-state index contributed by atoms with van der Waals surface area (Å²) in [5.74, 6) is 1.80. The molecule has 2 unspecified atom stereocenters. The largest absolute Gasteiger partial charge is 0.236 e. The van der Waals surface area contributed by atoms with Crippen molar-refractivity contribution in [2.45, 2.75) is 137 Å². The summed E-state index contributed by atoms with van der Waals surface area (Å²) >= 11 is 0. The summed E-state index contributed by atoms with van der Waals surface area (Å²) in [6.07, 6.45) is 28.5. The minimum Gasteiger partial charge on any atom is -0.236 e. The fourth-order valence-electron chi connectivity index (χ4n) is 25.9. The van der Waals surface area contributed by atoms with E-state index in [4.69, 9.17) is 19.9 Å². The fraction of sp³-hybridized carbons (Fsp3) is 0.186. The lowest BCUT2D eigenvalue weighted by Crippen LogP contribution is -2.28. The number of hydrogen-bond donors (Lipinski definition) is 0. The van der Waals surface area contributed by atoms with Crippen molar-refractivity contribution in [1.29, 1.82) is 0 Å². The van der Waals surface area contributed by atoms with Crippen LogP contribution in [-0.4, -0.2) is 19.9 Å². The van der Waals surface area contributed by atoms with Gasteiger partial charge in [0.2, 0.25) is 0 Å². The van der Waals surface area contributed by atoms with Gasteiger partial charge in [-0.3, -0.25) is 0 Å². The molecule has 8 aliphatic rings. The first-order valence-corrected chi connectivity index (χ1v) is 45.1. The zero-order valence-corrected chi connectivity index (χ0v) is 68.6. The molecule has 18 aromatic rings.